The van der Waals surface area contributed by atoms with Gasteiger partial charge in [0.2, 0.25) is 0 Å². The van der Waals surface area contributed by atoms with Crippen LogP contribution >= 0.6 is 23.2 Å². The predicted molar refractivity (Wildman–Crippen MR) is 55.0 cm³/mol. The first-order valence-electron chi connectivity index (χ1n) is 4.06. The highest BCUT2D eigenvalue weighted by Gasteiger charge is 2.19. The summed E-state index contributed by atoms with van der Waals surface area (Å²) in [4.78, 5) is 0. The van der Waals surface area contributed by atoms with Gasteiger partial charge >= 0.3 is 0 Å². The van der Waals surface area contributed by atoms with Crippen molar-refractivity contribution in [3.63, 3.8) is 0 Å². The summed E-state index contributed by atoms with van der Waals surface area (Å²) in [6.45, 7) is 2.67. The monoisotopic (exact) mass is 217 g/mol. The zero-order valence-corrected chi connectivity index (χ0v) is 8.62. The zero-order valence-electron chi connectivity index (χ0n) is 7.10. The average Bonchev–Trinajstić information content (AvgIpc) is 2.12. The van der Waals surface area contributed by atoms with Crippen molar-refractivity contribution in [3.8, 4) is 5.75 Å². The van der Waals surface area contributed by atoms with Gasteiger partial charge in [-0.1, -0.05) is 23.2 Å². The van der Waals surface area contributed by atoms with E-state index in [0.29, 0.717) is 28.4 Å². The van der Waals surface area contributed by atoms with Crippen LogP contribution in [0.4, 0.5) is 5.69 Å². The van der Waals surface area contributed by atoms with Crippen molar-refractivity contribution in [1.29, 1.82) is 0 Å². The van der Waals surface area contributed by atoms with E-state index in [9.17, 15) is 0 Å². The molecule has 2 rings (SSSR count). The standard InChI is InChI=1S/C9H9Cl2NO/c1-5-4-13-9-7(12-5)3-2-6(10)8(9)11/h2-3,5,12H,4H2,1H3. The van der Waals surface area contributed by atoms with E-state index in [0.717, 1.165) is 5.69 Å². The van der Waals surface area contributed by atoms with Crippen LogP contribution in [0.3, 0.4) is 0 Å². The highest BCUT2D eigenvalue weighted by atomic mass is 35.5. The van der Waals surface area contributed by atoms with Crippen LogP contribution in [-0.2, 0) is 0 Å². The Labute approximate surface area is 86.8 Å². The Morgan fingerprint density at radius 2 is 2.23 bits per heavy atom. The molecule has 70 valence electrons. The molecule has 0 bridgehead atoms. The molecular weight excluding hydrogens is 209 g/mol. The van der Waals surface area contributed by atoms with E-state index in [-0.39, 0.29) is 0 Å². The lowest BCUT2D eigenvalue weighted by molar-refractivity contribution is 0.292. The van der Waals surface area contributed by atoms with E-state index in [1.54, 1.807) is 6.07 Å². The first-order valence-corrected chi connectivity index (χ1v) is 4.81. The van der Waals surface area contributed by atoms with Crippen molar-refractivity contribution in [2.45, 2.75) is 13.0 Å². The van der Waals surface area contributed by atoms with Gasteiger partial charge in [0.05, 0.1) is 16.8 Å². The lowest BCUT2D eigenvalue weighted by Gasteiger charge is -2.25. The normalized spacial score (nSPS) is 20.1. The predicted octanol–water partition coefficient (Wildman–Crippen LogP) is 3.19. The molecule has 1 heterocycles. The van der Waals surface area contributed by atoms with Crippen LogP contribution in [0.25, 0.3) is 0 Å². The summed E-state index contributed by atoms with van der Waals surface area (Å²) in [5.74, 6) is 0.660. The van der Waals surface area contributed by atoms with Crippen molar-refractivity contribution in [3.05, 3.63) is 22.2 Å². The number of benzene rings is 1. The van der Waals surface area contributed by atoms with Crippen molar-refractivity contribution >= 4 is 28.9 Å². The molecule has 0 aromatic heterocycles. The molecule has 1 aliphatic rings. The molecule has 1 aromatic rings. The van der Waals surface area contributed by atoms with Gasteiger partial charge < -0.3 is 10.1 Å². The van der Waals surface area contributed by atoms with Gasteiger partial charge in [-0.05, 0) is 19.1 Å². The van der Waals surface area contributed by atoms with Crippen LogP contribution in [-0.4, -0.2) is 12.6 Å². The Hall–Kier alpha value is -0.600. The molecule has 1 aliphatic heterocycles. The van der Waals surface area contributed by atoms with Gasteiger partial charge in [-0.25, -0.2) is 0 Å². The molecule has 0 spiro atoms. The van der Waals surface area contributed by atoms with Gasteiger partial charge in [-0.3, -0.25) is 0 Å². The number of halogens is 2. The summed E-state index contributed by atoms with van der Waals surface area (Å²) in [6.07, 6.45) is 0. The second-order valence-corrected chi connectivity index (χ2v) is 3.88. The average molecular weight is 218 g/mol. The minimum Gasteiger partial charge on any atom is -0.488 e. The van der Waals surface area contributed by atoms with Crippen LogP contribution < -0.4 is 10.1 Å². The van der Waals surface area contributed by atoms with Gasteiger partial charge in [0.15, 0.2) is 5.75 Å². The maximum Gasteiger partial charge on any atom is 0.162 e. The Balaban J connectivity index is 2.47. The molecule has 13 heavy (non-hydrogen) atoms. The van der Waals surface area contributed by atoms with Crippen molar-refractivity contribution < 1.29 is 4.74 Å². The van der Waals surface area contributed by atoms with Gasteiger partial charge in [0, 0.05) is 0 Å². The van der Waals surface area contributed by atoms with E-state index >= 15 is 0 Å². The lowest BCUT2D eigenvalue weighted by atomic mass is 10.2. The summed E-state index contributed by atoms with van der Waals surface area (Å²) >= 11 is 11.8. The van der Waals surface area contributed by atoms with Crippen molar-refractivity contribution in [1.82, 2.24) is 0 Å². The molecule has 2 nitrogen and oxygen atoms in total. The highest BCUT2D eigenvalue weighted by molar-refractivity contribution is 6.43. The molecule has 1 unspecified atom stereocenters. The van der Waals surface area contributed by atoms with Crippen LogP contribution in [0.2, 0.25) is 10.0 Å². The molecule has 0 amide bonds. The molecule has 0 radical (unpaired) electrons. The van der Waals surface area contributed by atoms with Gasteiger partial charge in [-0.2, -0.15) is 0 Å². The number of anilines is 1. The molecule has 1 atom stereocenters. The summed E-state index contributed by atoms with van der Waals surface area (Å²) in [5, 5.41) is 4.27. The van der Waals surface area contributed by atoms with E-state index in [1.807, 2.05) is 13.0 Å². The third-order valence-electron chi connectivity index (χ3n) is 1.93. The van der Waals surface area contributed by atoms with Crippen molar-refractivity contribution in [2.75, 3.05) is 11.9 Å². The van der Waals surface area contributed by atoms with Crippen LogP contribution in [0.15, 0.2) is 12.1 Å². The maximum absolute atomic E-state index is 5.96. The fourth-order valence-electron chi connectivity index (χ4n) is 1.30. The Bertz CT molecular complexity index is 341. The fraction of sp³-hybridized carbons (Fsp3) is 0.333. The van der Waals surface area contributed by atoms with Crippen LogP contribution in [0, 0.1) is 0 Å². The molecule has 0 saturated heterocycles. The smallest absolute Gasteiger partial charge is 0.162 e. The quantitative estimate of drug-likeness (QED) is 0.721. The summed E-state index contributed by atoms with van der Waals surface area (Å²) < 4.78 is 5.47. The first kappa shape index (κ1) is 8.97. The highest BCUT2D eigenvalue weighted by Crippen LogP contribution is 2.40. The Morgan fingerprint density at radius 1 is 1.46 bits per heavy atom. The third kappa shape index (κ3) is 1.56. The Kier molecular flexibility index (Phi) is 2.26. The van der Waals surface area contributed by atoms with Crippen LogP contribution in [0.1, 0.15) is 6.92 Å². The molecule has 0 aliphatic carbocycles. The summed E-state index contributed by atoms with van der Waals surface area (Å²) in [6, 6.07) is 3.95. The van der Waals surface area contributed by atoms with E-state index in [2.05, 4.69) is 5.32 Å². The SMILES string of the molecule is CC1COc2c(ccc(Cl)c2Cl)N1. The number of nitrogens with one attached hydrogen (secondary N) is 1. The molecule has 1 aromatic carbocycles. The lowest BCUT2D eigenvalue weighted by Crippen LogP contribution is -2.28. The minimum absolute atomic E-state index is 0.310. The molecular formula is C9H9Cl2NO. The molecule has 0 saturated carbocycles. The second-order valence-electron chi connectivity index (χ2n) is 3.09. The number of rotatable bonds is 0. The molecule has 0 fully saturated rings. The largest absolute Gasteiger partial charge is 0.488 e. The third-order valence-corrected chi connectivity index (χ3v) is 2.72. The van der Waals surface area contributed by atoms with E-state index in [4.69, 9.17) is 27.9 Å². The number of hydrogen-bond donors (Lipinski definition) is 1. The summed E-state index contributed by atoms with van der Waals surface area (Å²) in [5.41, 5.74) is 0.910. The Morgan fingerprint density at radius 3 is 3.00 bits per heavy atom. The minimum atomic E-state index is 0.310. The second kappa shape index (κ2) is 3.28. The van der Waals surface area contributed by atoms with Gasteiger partial charge in [-0.15, -0.1) is 0 Å². The van der Waals surface area contributed by atoms with Crippen LogP contribution in [0.5, 0.6) is 5.75 Å². The zero-order chi connectivity index (χ0) is 9.42. The van der Waals surface area contributed by atoms with Gasteiger partial charge in [0.1, 0.15) is 11.6 Å². The molecule has 4 heteroatoms. The fourth-order valence-corrected chi connectivity index (χ4v) is 1.67. The first-order chi connectivity index (χ1) is 6.18. The molecule has 1 N–H and O–H groups in total. The van der Waals surface area contributed by atoms with Crippen molar-refractivity contribution in [2.24, 2.45) is 0 Å². The van der Waals surface area contributed by atoms with E-state index < -0.39 is 0 Å². The van der Waals surface area contributed by atoms with E-state index in [1.165, 1.54) is 0 Å². The number of fused-ring (bicyclic) bond motifs is 1. The number of ether oxygens (including phenoxy) is 1. The maximum atomic E-state index is 5.96. The summed E-state index contributed by atoms with van der Waals surface area (Å²) in [7, 11) is 0. The number of hydrogen-bond acceptors (Lipinski definition) is 2. The van der Waals surface area contributed by atoms with Gasteiger partial charge in [0.25, 0.3) is 0 Å². The topological polar surface area (TPSA) is 21.3 Å².